The minimum absolute atomic E-state index is 0.255. The van der Waals surface area contributed by atoms with E-state index in [9.17, 15) is 13.2 Å². The van der Waals surface area contributed by atoms with Crippen LogP contribution in [0.3, 0.4) is 0 Å². The summed E-state index contributed by atoms with van der Waals surface area (Å²) in [5.74, 6) is 0. The zero-order chi connectivity index (χ0) is 10.6. The standard InChI is InChI=1S/C10H10O3S/c1-14(12,13)10-6-2-4-9(8-10)5-3-7-11/h2-8H,1H3. The molecule has 0 saturated carbocycles. The zero-order valence-corrected chi connectivity index (χ0v) is 8.49. The highest BCUT2D eigenvalue weighted by Crippen LogP contribution is 2.12. The maximum absolute atomic E-state index is 11.2. The van der Waals surface area contributed by atoms with Crippen LogP contribution in [-0.2, 0) is 14.6 Å². The summed E-state index contributed by atoms with van der Waals surface area (Å²) in [6.07, 6.45) is 4.67. The molecule has 0 saturated heterocycles. The number of benzene rings is 1. The van der Waals surface area contributed by atoms with Gasteiger partial charge in [-0.15, -0.1) is 0 Å². The van der Waals surface area contributed by atoms with Crippen LogP contribution in [0.25, 0.3) is 6.08 Å². The second-order valence-electron chi connectivity index (χ2n) is 2.84. The molecular formula is C10H10O3S. The number of hydrogen-bond donors (Lipinski definition) is 0. The third-order valence-electron chi connectivity index (χ3n) is 1.65. The van der Waals surface area contributed by atoms with Crippen molar-refractivity contribution in [2.75, 3.05) is 6.26 Å². The van der Waals surface area contributed by atoms with Crippen molar-refractivity contribution in [3.05, 3.63) is 35.9 Å². The van der Waals surface area contributed by atoms with Gasteiger partial charge in [0.05, 0.1) is 4.90 Å². The van der Waals surface area contributed by atoms with Gasteiger partial charge in [-0.3, -0.25) is 4.79 Å². The Hall–Kier alpha value is -1.42. The normalized spacial score (nSPS) is 11.8. The minimum atomic E-state index is -3.17. The van der Waals surface area contributed by atoms with E-state index < -0.39 is 9.84 Å². The van der Waals surface area contributed by atoms with Crippen molar-refractivity contribution in [3.8, 4) is 0 Å². The van der Waals surface area contributed by atoms with E-state index in [-0.39, 0.29) is 4.90 Å². The van der Waals surface area contributed by atoms with Gasteiger partial charge < -0.3 is 0 Å². The van der Waals surface area contributed by atoms with Crippen molar-refractivity contribution >= 4 is 22.2 Å². The SMILES string of the molecule is CS(=O)(=O)c1cccc(C=CC=O)c1. The van der Waals surface area contributed by atoms with Crippen molar-refractivity contribution in [2.45, 2.75) is 4.90 Å². The van der Waals surface area contributed by atoms with Gasteiger partial charge in [0.25, 0.3) is 0 Å². The lowest BCUT2D eigenvalue weighted by Gasteiger charge is -1.98. The maximum atomic E-state index is 11.2. The highest BCUT2D eigenvalue weighted by atomic mass is 32.2. The van der Waals surface area contributed by atoms with Crippen LogP contribution in [0.2, 0.25) is 0 Å². The molecule has 74 valence electrons. The summed E-state index contributed by atoms with van der Waals surface area (Å²) < 4.78 is 22.3. The molecule has 0 unspecified atom stereocenters. The van der Waals surface area contributed by atoms with Gasteiger partial charge in [-0.1, -0.05) is 18.2 Å². The lowest BCUT2D eigenvalue weighted by molar-refractivity contribution is -0.104. The van der Waals surface area contributed by atoms with E-state index in [1.807, 2.05) is 0 Å². The highest BCUT2D eigenvalue weighted by molar-refractivity contribution is 7.90. The lowest BCUT2D eigenvalue weighted by atomic mass is 10.2. The number of rotatable bonds is 3. The average Bonchev–Trinajstić information content (AvgIpc) is 2.14. The van der Waals surface area contributed by atoms with E-state index in [0.717, 1.165) is 6.26 Å². The maximum Gasteiger partial charge on any atom is 0.175 e. The molecule has 1 aromatic rings. The predicted molar refractivity (Wildman–Crippen MR) is 54.6 cm³/mol. The minimum Gasteiger partial charge on any atom is -0.299 e. The Kier molecular flexibility index (Phi) is 3.19. The molecule has 0 aliphatic rings. The smallest absolute Gasteiger partial charge is 0.175 e. The van der Waals surface area contributed by atoms with Crippen LogP contribution < -0.4 is 0 Å². The van der Waals surface area contributed by atoms with Crippen LogP contribution in [0.5, 0.6) is 0 Å². The first-order valence-corrected chi connectivity index (χ1v) is 5.85. The average molecular weight is 210 g/mol. The molecule has 4 heteroatoms. The number of sulfone groups is 1. The van der Waals surface area contributed by atoms with Gasteiger partial charge in [0.15, 0.2) is 9.84 Å². The van der Waals surface area contributed by atoms with E-state index in [4.69, 9.17) is 0 Å². The second kappa shape index (κ2) is 4.19. The third-order valence-corrected chi connectivity index (χ3v) is 2.76. The van der Waals surface area contributed by atoms with Crippen LogP contribution in [-0.4, -0.2) is 21.0 Å². The highest BCUT2D eigenvalue weighted by Gasteiger charge is 2.05. The Morgan fingerprint density at radius 2 is 2.00 bits per heavy atom. The van der Waals surface area contributed by atoms with Gasteiger partial charge in [-0.25, -0.2) is 8.42 Å². The summed E-state index contributed by atoms with van der Waals surface area (Å²) in [5, 5.41) is 0. The molecule has 1 aromatic carbocycles. The summed E-state index contributed by atoms with van der Waals surface area (Å²) in [6.45, 7) is 0. The fourth-order valence-corrected chi connectivity index (χ4v) is 1.68. The Bertz CT molecular complexity index is 458. The fraction of sp³-hybridized carbons (Fsp3) is 0.100. The summed E-state index contributed by atoms with van der Waals surface area (Å²) in [4.78, 5) is 10.3. The number of carbonyl (C=O) groups excluding carboxylic acids is 1. The zero-order valence-electron chi connectivity index (χ0n) is 7.67. The number of allylic oxidation sites excluding steroid dienone is 1. The van der Waals surface area contributed by atoms with E-state index in [1.54, 1.807) is 18.2 Å². The van der Waals surface area contributed by atoms with E-state index in [0.29, 0.717) is 11.8 Å². The molecule has 0 fully saturated rings. The Balaban J connectivity index is 3.14. The number of hydrogen-bond acceptors (Lipinski definition) is 3. The monoisotopic (exact) mass is 210 g/mol. The first-order valence-electron chi connectivity index (χ1n) is 3.96. The van der Waals surface area contributed by atoms with Crippen LogP contribution in [0.1, 0.15) is 5.56 Å². The first kappa shape index (κ1) is 10.7. The molecule has 14 heavy (non-hydrogen) atoms. The van der Waals surface area contributed by atoms with Crippen molar-refractivity contribution in [1.82, 2.24) is 0 Å². The van der Waals surface area contributed by atoms with E-state index >= 15 is 0 Å². The summed E-state index contributed by atoms with van der Waals surface area (Å²) >= 11 is 0. The third kappa shape index (κ3) is 2.81. The quantitative estimate of drug-likeness (QED) is 0.558. The molecule has 0 atom stereocenters. The molecule has 0 aromatic heterocycles. The molecule has 3 nitrogen and oxygen atoms in total. The van der Waals surface area contributed by atoms with Crippen LogP contribution >= 0.6 is 0 Å². The Morgan fingerprint density at radius 3 is 2.57 bits per heavy atom. The molecule has 0 N–H and O–H groups in total. The van der Waals surface area contributed by atoms with Crippen molar-refractivity contribution in [2.24, 2.45) is 0 Å². The van der Waals surface area contributed by atoms with Gasteiger partial charge in [0.2, 0.25) is 0 Å². The van der Waals surface area contributed by atoms with E-state index in [2.05, 4.69) is 0 Å². The van der Waals surface area contributed by atoms with Crippen molar-refractivity contribution in [1.29, 1.82) is 0 Å². The first-order chi connectivity index (χ1) is 6.54. The Morgan fingerprint density at radius 1 is 1.29 bits per heavy atom. The summed E-state index contributed by atoms with van der Waals surface area (Å²) in [7, 11) is -3.17. The van der Waals surface area contributed by atoms with Crippen LogP contribution in [0.15, 0.2) is 35.2 Å². The van der Waals surface area contributed by atoms with Crippen molar-refractivity contribution in [3.63, 3.8) is 0 Å². The van der Waals surface area contributed by atoms with Gasteiger partial charge in [0, 0.05) is 6.26 Å². The van der Waals surface area contributed by atoms with Gasteiger partial charge in [0.1, 0.15) is 6.29 Å². The fourth-order valence-electron chi connectivity index (χ4n) is 0.999. The van der Waals surface area contributed by atoms with E-state index in [1.165, 1.54) is 18.2 Å². The lowest BCUT2D eigenvalue weighted by Crippen LogP contribution is -1.96. The summed E-state index contributed by atoms with van der Waals surface area (Å²) in [6, 6.07) is 6.42. The van der Waals surface area contributed by atoms with Crippen LogP contribution in [0, 0.1) is 0 Å². The largest absolute Gasteiger partial charge is 0.299 e. The second-order valence-corrected chi connectivity index (χ2v) is 4.86. The molecule has 0 aliphatic carbocycles. The van der Waals surface area contributed by atoms with Crippen LogP contribution in [0.4, 0.5) is 0 Å². The molecule has 0 heterocycles. The van der Waals surface area contributed by atoms with Gasteiger partial charge >= 0.3 is 0 Å². The van der Waals surface area contributed by atoms with Gasteiger partial charge in [-0.05, 0) is 23.8 Å². The molecule has 1 rings (SSSR count). The molecule has 0 radical (unpaired) electrons. The molecule has 0 spiro atoms. The topological polar surface area (TPSA) is 51.2 Å². The molecular weight excluding hydrogens is 200 g/mol. The molecule has 0 bridgehead atoms. The number of carbonyl (C=O) groups is 1. The van der Waals surface area contributed by atoms with Gasteiger partial charge in [-0.2, -0.15) is 0 Å². The van der Waals surface area contributed by atoms with Crippen molar-refractivity contribution < 1.29 is 13.2 Å². The summed E-state index contributed by atoms with van der Waals surface area (Å²) in [5.41, 5.74) is 0.694. The predicted octanol–water partition coefficient (Wildman–Crippen LogP) is 1.30. The molecule has 0 aliphatic heterocycles. The Labute approximate surface area is 83.0 Å². The number of aldehydes is 1. The molecule has 0 amide bonds.